The van der Waals surface area contributed by atoms with Crippen molar-refractivity contribution >= 4 is 34.0 Å². The van der Waals surface area contributed by atoms with Crippen LogP contribution in [0.2, 0.25) is 0 Å². The van der Waals surface area contributed by atoms with Crippen LogP contribution in [0.4, 0.5) is 5.13 Å². The third-order valence-corrected chi connectivity index (χ3v) is 5.70. The van der Waals surface area contributed by atoms with Gasteiger partial charge in [0.05, 0.1) is 12.9 Å². The molecule has 1 aromatic carbocycles. The molecule has 0 spiro atoms. The van der Waals surface area contributed by atoms with Gasteiger partial charge in [-0.2, -0.15) is 0 Å². The van der Waals surface area contributed by atoms with E-state index in [1.165, 1.54) is 23.1 Å². The second-order valence-electron chi connectivity index (χ2n) is 5.44. The molecule has 0 bridgehead atoms. The number of Topliss-reactive ketones (excluding diaryl/α,β-unsaturated/α-hetero) is 1. The largest absolute Gasteiger partial charge is 0.497 e. The first-order valence-electron chi connectivity index (χ1n) is 7.58. The van der Waals surface area contributed by atoms with Crippen molar-refractivity contribution in [2.75, 3.05) is 18.6 Å². The number of rotatable bonds is 6. The molecule has 0 aliphatic rings. The molecular weight excluding hydrogens is 356 g/mol. The highest BCUT2D eigenvalue weighted by Crippen LogP contribution is 2.27. The van der Waals surface area contributed by atoms with Crippen LogP contribution < -0.4 is 10.5 Å². The fourth-order valence-electron chi connectivity index (χ4n) is 2.66. The Kier molecular flexibility index (Phi) is 5.10. The van der Waals surface area contributed by atoms with Gasteiger partial charge in [-0.25, -0.2) is 0 Å². The number of hydrogen-bond acceptors (Lipinski definition) is 7. The average Bonchev–Trinajstić information content (AvgIpc) is 3.16. The van der Waals surface area contributed by atoms with E-state index >= 15 is 0 Å². The minimum absolute atomic E-state index is 0.0617. The zero-order valence-corrected chi connectivity index (χ0v) is 15.8. The quantitative estimate of drug-likeness (QED) is 0.525. The lowest BCUT2D eigenvalue weighted by Gasteiger charge is -2.10. The first kappa shape index (κ1) is 17.5. The molecule has 2 heterocycles. The van der Waals surface area contributed by atoms with E-state index in [0.717, 1.165) is 28.4 Å². The van der Waals surface area contributed by atoms with Crippen molar-refractivity contribution in [2.24, 2.45) is 0 Å². The minimum Gasteiger partial charge on any atom is -0.497 e. The molecule has 3 rings (SSSR count). The molecule has 0 radical (unpaired) electrons. The second kappa shape index (κ2) is 7.28. The molecule has 130 valence electrons. The molecule has 0 amide bonds. The summed E-state index contributed by atoms with van der Waals surface area (Å²) in [5, 5.41) is 8.09. The topological polar surface area (TPSA) is 83.0 Å². The number of carbonyl (C=O) groups excluding carboxylic acids is 1. The van der Waals surface area contributed by atoms with Crippen molar-refractivity contribution < 1.29 is 9.53 Å². The van der Waals surface area contributed by atoms with Gasteiger partial charge in [0.25, 0.3) is 0 Å². The molecule has 2 N–H and O–H groups in total. The van der Waals surface area contributed by atoms with Gasteiger partial charge in [-0.1, -0.05) is 23.1 Å². The van der Waals surface area contributed by atoms with Crippen molar-refractivity contribution in [3.8, 4) is 11.4 Å². The van der Waals surface area contributed by atoms with Crippen molar-refractivity contribution in [1.29, 1.82) is 0 Å². The molecule has 0 saturated carbocycles. The first-order chi connectivity index (χ1) is 12.0. The maximum Gasteiger partial charge on any atom is 0.203 e. The zero-order valence-electron chi connectivity index (χ0n) is 14.1. The summed E-state index contributed by atoms with van der Waals surface area (Å²) in [6.07, 6.45) is 0. The highest BCUT2D eigenvalue weighted by atomic mass is 32.2. The number of hydrogen-bond donors (Lipinski definition) is 1. The minimum atomic E-state index is 0.0617. The Balaban J connectivity index is 1.81. The Morgan fingerprint density at radius 1 is 1.28 bits per heavy atom. The van der Waals surface area contributed by atoms with E-state index in [1.807, 2.05) is 44.2 Å². The smallest absolute Gasteiger partial charge is 0.203 e. The van der Waals surface area contributed by atoms with Crippen molar-refractivity contribution in [1.82, 2.24) is 14.8 Å². The third kappa shape index (κ3) is 3.69. The number of thioether (sulfide) groups is 1. The summed E-state index contributed by atoms with van der Waals surface area (Å²) in [4.78, 5) is 12.6. The number of aryl methyl sites for hydroxylation is 1. The standard InChI is InChI=1S/C17H18N4O2S2/c1-10-8-14(15(22)9-24-17-20-19-16(18)25-17)11(2)21(10)12-4-6-13(23-3)7-5-12/h4-8H,9H2,1-3H3,(H2,18,19). The van der Waals surface area contributed by atoms with Gasteiger partial charge in [0, 0.05) is 22.6 Å². The molecule has 0 unspecified atom stereocenters. The average molecular weight is 374 g/mol. The van der Waals surface area contributed by atoms with E-state index in [-0.39, 0.29) is 5.78 Å². The van der Waals surface area contributed by atoms with E-state index in [4.69, 9.17) is 10.5 Å². The third-order valence-electron chi connectivity index (χ3n) is 3.81. The van der Waals surface area contributed by atoms with Crippen molar-refractivity contribution in [2.45, 2.75) is 18.2 Å². The van der Waals surface area contributed by atoms with Crippen LogP contribution in [0.1, 0.15) is 21.7 Å². The lowest BCUT2D eigenvalue weighted by atomic mass is 10.2. The fraction of sp³-hybridized carbons (Fsp3) is 0.235. The molecule has 0 aliphatic heterocycles. The highest BCUT2D eigenvalue weighted by Gasteiger charge is 2.17. The van der Waals surface area contributed by atoms with Crippen LogP contribution in [0, 0.1) is 13.8 Å². The lowest BCUT2D eigenvalue weighted by Crippen LogP contribution is -2.05. The Morgan fingerprint density at radius 2 is 2.00 bits per heavy atom. The summed E-state index contributed by atoms with van der Waals surface area (Å²) in [7, 11) is 1.64. The lowest BCUT2D eigenvalue weighted by molar-refractivity contribution is 0.102. The second-order valence-corrected chi connectivity index (χ2v) is 7.67. The molecular formula is C17H18N4O2S2. The molecule has 0 aliphatic carbocycles. The molecule has 2 aromatic heterocycles. The zero-order chi connectivity index (χ0) is 18.0. The number of methoxy groups -OCH3 is 1. The number of ketones is 1. The van der Waals surface area contributed by atoms with Gasteiger partial charge >= 0.3 is 0 Å². The maximum atomic E-state index is 12.6. The number of anilines is 1. The van der Waals surface area contributed by atoms with Gasteiger partial charge in [0.15, 0.2) is 10.1 Å². The van der Waals surface area contributed by atoms with Crippen LogP contribution in [0.5, 0.6) is 5.75 Å². The Labute approximate surface area is 154 Å². The predicted molar refractivity (Wildman–Crippen MR) is 101 cm³/mol. The van der Waals surface area contributed by atoms with E-state index in [9.17, 15) is 4.79 Å². The summed E-state index contributed by atoms with van der Waals surface area (Å²) in [6, 6.07) is 9.70. The molecule has 3 aromatic rings. The normalized spacial score (nSPS) is 10.8. The van der Waals surface area contributed by atoms with Crippen molar-refractivity contribution in [3.05, 3.63) is 47.3 Å². The number of benzene rings is 1. The Bertz CT molecular complexity index is 900. The van der Waals surface area contributed by atoms with Crippen LogP contribution in [-0.4, -0.2) is 33.4 Å². The van der Waals surface area contributed by atoms with E-state index in [1.54, 1.807) is 7.11 Å². The van der Waals surface area contributed by atoms with Gasteiger partial charge in [0.2, 0.25) is 5.13 Å². The van der Waals surface area contributed by atoms with Crippen molar-refractivity contribution in [3.63, 3.8) is 0 Å². The van der Waals surface area contributed by atoms with Gasteiger partial charge in [0.1, 0.15) is 5.75 Å². The Morgan fingerprint density at radius 3 is 2.60 bits per heavy atom. The van der Waals surface area contributed by atoms with Crippen LogP contribution in [0.25, 0.3) is 5.69 Å². The SMILES string of the molecule is COc1ccc(-n2c(C)cc(C(=O)CSc3nnc(N)s3)c2C)cc1. The van der Waals surface area contributed by atoms with Crippen LogP contribution in [0.15, 0.2) is 34.7 Å². The van der Waals surface area contributed by atoms with E-state index in [2.05, 4.69) is 14.8 Å². The summed E-state index contributed by atoms with van der Waals surface area (Å²) in [5.41, 5.74) is 9.21. The van der Waals surface area contributed by atoms with Crippen LogP contribution in [-0.2, 0) is 0 Å². The highest BCUT2D eigenvalue weighted by molar-refractivity contribution is 8.01. The molecule has 25 heavy (non-hydrogen) atoms. The van der Waals surface area contributed by atoms with Crippen LogP contribution in [0.3, 0.4) is 0 Å². The number of ether oxygens (including phenoxy) is 1. The summed E-state index contributed by atoms with van der Waals surface area (Å²) in [5.74, 6) is 1.17. The van der Waals surface area contributed by atoms with Gasteiger partial charge in [-0.05, 0) is 44.2 Å². The Hall–Kier alpha value is -2.32. The number of aromatic nitrogens is 3. The van der Waals surface area contributed by atoms with E-state index in [0.29, 0.717) is 15.2 Å². The van der Waals surface area contributed by atoms with Gasteiger partial charge in [-0.15, -0.1) is 10.2 Å². The number of nitrogens with zero attached hydrogens (tertiary/aromatic N) is 3. The van der Waals surface area contributed by atoms with E-state index < -0.39 is 0 Å². The molecule has 0 atom stereocenters. The van der Waals surface area contributed by atoms with Gasteiger partial charge in [-0.3, -0.25) is 4.79 Å². The summed E-state index contributed by atoms with van der Waals surface area (Å²) < 4.78 is 7.97. The summed E-state index contributed by atoms with van der Waals surface area (Å²) in [6.45, 7) is 3.95. The maximum absolute atomic E-state index is 12.6. The molecule has 0 fully saturated rings. The number of carbonyl (C=O) groups is 1. The fourth-order valence-corrected chi connectivity index (χ4v) is 4.18. The molecule has 6 nitrogen and oxygen atoms in total. The van der Waals surface area contributed by atoms with Gasteiger partial charge < -0.3 is 15.0 Å². The summed E-state index contributed by atoms with van der Waals surface area (Å²) >= 11 is 2.65. The molecule has 0 saturated heterocycles. The monoisotopic (exact) mass is 374 g/mol. The first-order valence-corrected chi connectivity index (χ1v) is 9.38. The molecule has 8 heteroatoms. The van der Waals surface area contributed by atoms with Crippen LogP contribution >= 0.6 is 23.1 Å². The number of nitrogens with two attached hydrogens (primary N) is 1. The predicted octanol–water partition coefficient (Wildman–Crippen LogP) is 3.51. The number of nitrogen functional groups attached to an aromatic ring is 1.